The molecule has 1 heterocycles. The van der Waals surface area contributed by atoms with Crippen LogP contribution in [0.4, 0.5) is 0 Å². The van der Waals surface area contributed by atoms with Crippen LogP contribution in [-0.4, -0.2) is 52.0 Å². The topological polar surface area (TPSA) is 122 Å². The summed E-state index contributed by atoms with van der Waals surface area (Å²) in [7, 11) is -3.77. The van der Waals surface area contributed by atoms with E-state index in [1.165, 1.54) is 18.0 Å². The van der Waals surface area contributed by atoms with Crippen molar-refractivity contribution < 1.29 is 23.5 Å². The van der Waals surface area contributed by atoms with E-state index in [0.29, 0.717) is 11.8 Å². The molecule has 3 atom stereocenters. The van der Waals surface area contributed by atoms with Crippen LogP contribution in [0.3, 0.4) is 0 Å². The van der Waals surface area contributed by atoms with E-state index in [-0.39, 0.29) is 19.6 Å². The number of hydroxylamine groups is 1. The zero-order valence-electron chi connectivity index (χ0n) is 19.0. The smallest absolute Gasteiger partial charge is 0.264 e. The maximum absolute atomic E-state index is 12.2. The van der Waals surface area contributed by atoms with Crippen LogP contribution in [0.5, 0.6) is 0 Å². The van der Waals surface area contributed by atoms with Gasteiger partial charge in [-0.2, -0.15) is 5.10 Å². The zero-order valence-corrected chi connectivity index (χ0v) is 19.8. The number of hydrogen-bond acceptors (Lipinski definition) is 6. The predicted molar refractivity (Wildman–Crippen MR) is 128 cm³/mol. The third-order valence-corrected chi connectivity index (χ3v) is 8.72. The van der Waals surface area contributed by atoms with Gasteiger partial charge in [-0.15, -0.1) is 0 Å². The fraction of sp³-hybridized carbons (Fsp3) is 0.360. The third-order valence-electron chi connectivity index (χ3n) is 6.69. The second-order valence-electron chi connectivity index (χ2n) is 8.99. The van der Waals surface area contributed by atoms with Crippen molar-refractivity contribution in [2.24, 2.45) is 5.92 Å². The lowest BCUT2D eigenvalue weighted by Crippen LogP contribution is -2.49. The van der Waals surface area contributed by atoms with Crippen LogP contribution in [0.1, 0.15) is 42.4 Å². The number of aliphatic hydroxyl groups is 1. The first-order valence-electron chi connectivity index (χ1n) is 11.0. The molecule has 1 saturated carbocycles. The Labute approximate surface area is 198 Å². The third kappa shape index (κ3) is 4.71. The summed E-state index contributed by atoms with van der Waals surface area (Å²) in [5.41, 5.74) is 5.21. The van der Waals surface area contributed by atoms with E-state index in [1.807, 2.05) is 30.3 Å². The molecule has 9 heteroatoms. The molecule has 34 heavy (non-hydrogen) atoms. The van der Waals surface area contributed by atoms with Gasteiger partial charge in [0, 0.05) is 35.9 Å². The van der Waals surface area contributed by atoms with Crippen LogP contribution < -0.4 is 5.48 Å². The molecule has 2 aromatic carbocycles. The van der Waals surface area contributed by atoms with Gasteiger partial charge in [-0.3, -0.25) is 14.7 Å². The maximum atomic E-state index is 12.2. The van der Waals surface area contributed by atoms with Gasteiger partial charge < -0.3 is 5.11 Å². The van der Waals surface area contributed by atoms with Gasteiger partial charge in [0.25, 0.3) is 5.91 Å². The molecule has 1 aliphatic carbocycles. The van der Waals surface area contributed by atoms with E-state index in [4.69, 9.17) is 5.21 Å². The lowest BCUT2D eigenvalue weighted by atomic mass is 10.1. The van der Waals surface area contributed by atoms with Crippen molar-refractivity contribution in [2.75, 3.05) is 12.9 Å². The number of rotatable bonds is 7. The lowest BCUT2D eigenvalue weighted by Gasteiger charge is -2.25. The molecule has 8 nitrogen and oxygen atoms in total. The number of aromatic nitrogens is 2. The number of aliphatic hydroxyl groups excluding tert-OH is 1. The van der Waals surface area contributed by atoms with Gasteiger partial charge in [-0.25, -0.2) is 13.9 Å². The van der Waals surface area contributed by atoms with Crippen LogP contribution in [0, 0.1) is 17.8 Å². The van der Waals surface area contributed by atoms with E-state index in [2.05, 4.69) is 29.1 Å². The van der Waals surface area contributed by atoms with Crippen molar-refractivity contribution in [2.45, 2.75) is 37.0 Å². The van der Waals surface area contributed by atoms with Crippen molar-refractivity contribution in [3.63, 3.8) is 0 Å². The maximum Gasteiger partial charge on any atom is 0.264 e. The SMILES string of the molecule is CC(CCn1ncc2cc(C#Cc3ccc([C@@H]4C[C@H]4CO)cc3)ccc21)(C(=O)NO)S(C)(=O)=O. The van der Waals surface area contributed by atoms with Crippen molar-refractivity contribution in [3.05, 3.63) is 65.4 Å². The Hall–Kier alpha value is -3.19. The Morgan fingerprint density at radius 1 is 1.21 bits per heavy atom. The van der Waals surface area contributed by atoms with Gasteiger partial charge in [0.05, 0.1) is 11.7 Å². The van der Waals surface area contributed by atoms with Crippen LogP contribution in [-0.2, 0) is 21.2 Å². The number of sulfone groups is 1. The largest absolute Gasteiger partial charge is 0.396 e. The molecule has 0 spiro atoms. The molecule has 1 unspecified atom stereocenters. The molecule has 3 aromatic rings. The first-order chi connectivity index (χ1) is 16.2. The normalized spacial score (nSPS) is 19.2. The molecule has 0 radical (unpaired) electrons. The van der Waals surface area contributed by atoms with Crippen molar-refractivity contribution in [3.8, 4) is 11.8 Å². The van der Waals surface area contributed by atoms with E-state index >= 15 is 0 Å². The molecule has 0 aliphatic heterocycles. The molecular weight excluding hydrogens is 454 g/mol. The molecular formula is C25H27N3O5S. The highest BCUT2D eigenvalue weighted by Gasteiger charge is 2.43. The average molecular weight is 482 g/mol. The second kappa shape index (κ2) is 9.22. The molecule has 3 N–H and O–H groups in total. The summed E-state index contributed by atoms with van der Waals surface area (Å²) in [6, 6.07) is 13.8. The van der Waals surface area contributed by atoms with Gasteiger partial charge in [0.1, 0.15) is 0 Å². The zero-order chi connectivity index (χ0) is 24.5. The highest BCUT2D eigenvalue weighted by molar-refractivity contribution is 7.92. The van der Waals surface area contributed by atoms with E-state index in [1.54, 1.807) is 10.9 Å². The quantitative estimate of drug-likeness (QED) is 0.270. The summed E-state index contributed by atoms with van der Waals surface area (Å²) in [5, 5.41) is 23.4. The number of fused-ring (bicyclic) bond motifs is 1. The van der Waals surface area contributed by atoms with Crippen LogP contribution in [0.25, 0.3) is 10.9 Å². The Morgan fingerprint density at radius 3 is 2.50 bits per heavy atom. The minimum absolute atomic E-state index is 0.0491. The lowest BCUT2D eigenvalue weighted by molar-refractivity contribution is -0.131. The van der Waals surface area contributed by atoms with Crippen LogP contribution >= 0.6 is 0 Å². The molecule has 0 saturated heterocycles. The number of hydrogen-bond donors (Lipinski definition) is 3. The molecule has 178 valence electrons. The van der Waals surface area contributed by atoms with Crippen LogP contribution in [0.15, 0.2) is 48.7 Å². The fourth-order valence-electron chi connectivity index (χ4n) is 4.06. The number of nitrogens with zero attached hydrogens (tertiary/aromatic N) is 2. The first kappa shape index (κ1) is 24.0. The Balaban J connectivity index is 1.48. The minimum Gasteiger partial charge on any atom is -0.396 e. The summed E-state index contributed by atoms with van der Waals surface area (Å²) in [6.07, 6.45) is 3.63. The Morgan fingerprint density at radius 2 is 1.88 bits per heavy atom. The molecule has 0 bridgehead atoms. The summed E-state index contributed by atoms with van der Waals surface area (Å²) in [6.45, 7) is 1.70. The molecule has 1 amide bonds. The van der Waals surface area contributed by atoms with Gasteiger partial charge >= 0.3 is 0 Å². The van der Waals surface area contributed by atoms with Gasteiger partial charge in [-0.1, -0.05) is 24.0 Å². The number of amides is 1. The Kier molecular flexibility index (Phi) is 6.49. The van der Waals surface area contributed by atoms with Crippen molar-refractivity contribution in [1.29, 1.82) is 0 Å². The first-order valence-corrected chi connectivity index (χ1v) is 12.9. The number of benzene rings is 2. The van der Waals surface area contributed by atoms with E-state index in [0.717, 1.165) is 34.7 Å². The molecule has 1 aromatic heterocycles. The monoisotopic (exact) mass is 481 g/mol. The highest BCUT2D eigenvalue weighted by Crippen LogP contribution is 2.46. The number of carbonyl (C=O) groups excluding carboxylic acids is 1. The van der Waals surface area contributed by atoms with Gasteiger partial charge in [0.2, 0.25) is 0 Å². The van der Waals surface area contributed by atoms with E-state index < -0.39 is 20.5 Å². The number of nitrogens with one attached hydrogen (secondary N) is 1. The Bertz CT molecular complexity index is 1390. The standard InChI is InChI=1S/C25H27N3O5S/c1-25(24(30)27-31,34(2,32)33)11-12-28-23-10-7-18(13-20(23)15-26-28)4-3-17-5-8-19(9-6-17)22-14-21(22)16-29/h5-10,13,15,21-22,29,31H,11-12,14,16H2,1-2H3,(H,27,30)/t21-,22-,25?/m0/s1. The highest BCUT2D eigenvalue weighted by atomic mass is 32.2. The number of aryl methyl sites for hydroxylation is 1. The van der Waals surface area contributed by atoms with Crippen molar-refractivity contribution in [1.82, 2.24) is 15.3 Å². The predicted octanol–water partition coefficient (Wildman–Crippen LogP) is 2.23. The fourth-order valence-corrected chi connectivity index (χ4v) is 4.91. The van der Waals surface area contributed by atoms with Gasteiger partial charge in [-0.05, 0) is 67.5 Å². The summed E-state index contributed by atoms with van der Waals surface area (Å²) in [5.74, 6) is 6.19. The molecule has 4 rings (SSSR count). The summed E-state index contributed by atoms with van der Waals surface area (Å²) in [4.78, 5) is 12.0. The summed E-state index contributed by atoms with van der Waals surface area (Å²) >= 11 is 0. The van der Waals surface area contributed by atoms with E-state index in [9.17, 15) is 18.3 Å². The summed E-state index contributed by atoms with van der Waals surface area (Å²) < 4.78 is 24.2. The van der Waals surface area contributed by atoms with Crippen LogP contribution in [0.2, 0.25) is 0 Å². The number of carbonyl (C=O) groups is 1. The second-order valence-corrected chi connectivity index (χ2v) is 11.4. The molecule has 1 aliphatic rings. The van der Waals surface area contributed by atoms with Crippen molar-refractivity contribution >= 4 is 26.6 Å². The van der Waals surface area contributed by atoms with Gasteiger partial charge in [0.15, 0.2) is 14.6 Å². The average Bonchev–Trinajstić information content (AvgIpc) is 3.51. The molecule has 1 fully saturated rings. The minimum atomic E-state index is -3.77.